The van der Waals surface area contributed by atoms with Crippen LogP contribution in [0.25, 0.3) is 31.6 Å². The molecule has 1 aliphatic rings. The molecule has 0 spiro atoms. The summed E-state index contributed by atoms with van der Waals surface area (Å²) in [4.78, 5) is 9.88. The molecule has 0 amide bonds. The van der Waals surface area contributed by atoms with E-state index in [2.05, 4.69) is 97.9 Å². The van der Waals surface area contributed by atoms with Crippen LogP contribution < -0.4 is 9.15 Å². The van der Waals surface area contributed by atoms with Gasteiger partial charge in [-0.1, -0.05) is 63.9 Å². The Labute approximate surface area is 262 Å². The molecule has 0 fully saturated rings. The second-order valence-electron chi connectivity index (χ2n) is 9.65. The molecule has 3 aromatic heterocycles. The maximum absolute atomic E-state index is 4.50. The first kappa shape index (κ1) is 27.6. The van der Waals surface area contributed by atoms with Crippen LogP contribution in [0.4, 0.5) is 22.7 Å². The first-order valence-electron chi connectivity index (χ1n) is 13.3. The molecule has 42 heavy (non-hydrogen) atoms. The van der Waals surface area contributed by atoms with Gasteiger partial charge in [0.1, 0.15) is 10.5 Å². The number of hydrogen-bond acceptors (Lipinski definition) is 3. The largest absolute Gasteiger partial charge is 0.501 e. The zero-order chi connectivity index (χ0) is 27.6. The predicted molar refractivity (Wildman–Crippen MR) is 170 cm³/mol. The molecule has 0 unspecified atom stereocenters. The number of aryl methyl sites for hydroxylation is 1. The van der Waals surface area contributed by atoms with E-state index in [4.69, 9.17) is 0 Å². The van der Waals surface area contributed by atoms with Gasteiger partial charge in [-0.2, -0.15) is 6.07 Å². The van der Waals surface area contributed by atoms with E-state index < -0.39 is 0 Å². The van der Waals surface area contributed by atoms with E-state index in [1.807, 2.05) is 73.9 Å². The van der Waals surface area contributed by atoms with E-state index in [-0.39, 0.29) is 20.1 Å². The fraction of sp³-hybridized carbons (Fsp3) is 0.0278. The Balaban J connectivity index is 0.000000191. The number of thiophene rings is 1. The topological polar surface area (TPSA) is 31.8 Å². The summed E-state index contributed by atoms with van der Waals surface area (Å²) in [7, 11) is 0. The number of para-hydroxylation sites is 3. The van der Waals surface area contributed by atoms with Crippen LogP contribution in [0.2, 0.25) is 0 Å². The van der Waals surface area contributed by atoms with Gasteiger partial charge in [0.05, 0.1) is 0 Å². The number of hydrogen-bond donors (Lipinski definition) is 0. The van der Waals surface area contributed by atoms with Crippen molar-refractivity contribution in [2.75, 3.05) is 0 Å². The van der Waals surface area contributed by atoms with E-state index in [0.717, 1.165) is 38.8 Å². The SMILES string of the molecule is C1=[N+](c2[c-]cc3c(c2)sc2ncccc23)c2ccccc2[N+]=1c1ccccc1.Cc1ccc(-c2[c-]cccc2)nc1.[Ir]. The number of aromatic nitrogens is 2. The summed E-state index contributed by atoms with van der Waals surface area (Å²) >= 11 is 1.71. The number of rotatable bonds is 3. The third kappa shape index (κ3) is 5.37. The standard InChI is InChI=1S/C24H14N3S.C12H10N.Ir/c1-2-7-17(8-3-1)26-16-27(22-11-5-4-10-21(22)26)18-12-13-19-20-9-6-14-25-24(20)28-23(19)15-18;1-10-7-8-12(13-9-10)11-5-3-2-4-6-11;/h1-11,13-15H;2-5,7-9H,1H3;/q+1;-1;. The van der Waals surface area contributed by atoms with Crippen molar-refractivity contribution in [1.29, 1.82) is 0 Å². The van der Waals surface area contributed by atoms with Crippen molar-refractivity contribution < 1.29 is 20.1 Å². The van der Waals surface area contributed by atoms with Crippen molar-refractivity contribution in [3.8, 4) is 11.3 Å². The van der Waals surface area contributed by atoms with Gasteiger partial charge in [-0.25, -0.2) is 4.98 Å². The molecule has 8 rings (SSSR count). The Morgan fingerprint density at radius 1 is 0.738 bits per heavy atom. The van der Waals surface area contributed by atoms with E-state index in [1.54, 1.807) is 11.3 Å². The third-order valence-corrected chi connectivity index (χ3v) is 7.96. The summed E-state index contributed by atoms with van der Waals surface area (Å²) in [5.74, 6) is 0. The molecule has 0 saturated heterocycles. The maximum Gasteiger partial charge on any atom is 0.501 e. The quantitative estimate of drug-likeness (QED) is 0.134. The molecule has 0 bridgehead atoms. The van der Waals surface area contributed by atoms with E-state index in [9.17, 15) is 0 Å². The molecular weight excluding hydrogens is 713 g/mol. The van der Waals surface area contributed by atoms with Gasteiger partial charge in [-0.05, 0) is 34.2 Å². The Hall–Kier alpha value is -4.57. The summed E-state index contributed by atoms with van der Waals surface area (Å²) in [5, 5.41) is 2.38. The van der Waals surface area contributed by atoms with Crippen LogP contribution >= 0.6 is 11.3 Å². The van der Waals surface area contributed by atoms with Crippen LogP contribution in [0, 0.1) is 19.1 Å². The Kier molecular flexibility index (Phi) is 7.96. The third-order valence-electron chi connectivity index (χ3n) is 6.88. The molecule has 6 heteroatoms. The monoisotopic (exact) mass is 737 g/mol. The minimum absolute atomic E-state index is 0. The second-order valence-corrected chi connectivity index (χ2v) is 10.7. The summed E-state index contributed by atoms with van der Waals surface area (Å²) in [6, 6.07) is 49.1. The molecule has 0 atom stereocenters. The average Bonchev–Trinajstić information content (AvgIpc) is 3.61. The summed E-state index contributed by atoms with van der Waals surface area (Å²) in [6.45, 7) is 2.03. The smallest absolute Gasteiger partial charge is 0.304 e. The van der Waals surface area contributed by atoms with E-state index in [1.165, 1.54) is 21.0 Å². The molecule has 0 N–H and O–H groups in total. The van der Waals surface area contributed by atoms with Gasteiger partial charge in [-0.15, -0.1) is 58.7 Å². The summed E-state index contributed by atoms with van der Waals surface area (Å²) in [6.07, 6.45) is 3.72. The van der Waals surface area contributed by atoms with Gasteiger partial charge in [0, 0.05) is 56.8 Å². The van der Waals surface area contributed by atoms with Crippen molar-refractivity contribution in [3.05, 3.63) is 145 Å². The van der Waals surface area contributed by atoms with Gasteiger partial charge < -0.3 is 4.98 Å². The molecule has 4 nitrogen and oxygen atoms in total. The minimum Gasteiger partial charge on any atom is -0.304 e. The van der Waals surface area contributed by atoms with Crippen molar-refractivity contribution in [3.63, 3.8) is 0 Å². The van der Waals surface area contributed by atoms with Gasteiger partial charge in [0.25, 0.3) is 11.4 Å². The fourth-order valence-corrected chi connectivity index (χ4v) is 5.91. The molecular formula is C36H24IrN4S. The normalized spacial score (nSPS) is 11.6. The molecule has 1 aliphatic heterocycles. The van der Waals surface area contributed by atoms with Crippen LogP contribution in [0.5, 0.6) is 0 Å². The van der Waals surface area contributed by atoms with Gasteiger partial charge in [0.15, 0.2) is 0 Å². The van der Waals surface area contributed by atoms with Crippen LogP contribution in [0.3, 0.4) is 0 Å². The first-order chi connectivity index (χ1) is 20.2. The van der Waals surface area contributed by atoms with Gasteiger partial charge >= 0.3 is 6.01 Å². The maximum atomic E-state index is 4.50. The zero-order valence-electron chi connectivity index (χ0n) is 22.7. The Morgan fingerprint density at radius 3 is 2.29 bits per heavy atom. The van der Waals surface area contributed by atoms with Gasteiger partial charge in [-0.3, -0.25) is 0 Å². The summed E-state index contributed by atoms with van der Waals surface area (Å²) < 4.78 is 5.39. The van der Waals surface area contributed by atoms with Crippen molar-refractivity contribution in [2.45, 2.75) is 6.92 Å². The molecule has 203 valence electrons. The number of pyridine rings is 2. The van der Waals surface area contributed by atoms with Crippen molar-refractivity contribution >= 4 is 60.4 Å². The molecule has 0 saturated carbocycles. The molecule has 0 aliphatic carbocycles. The van der Waals surface area contributed by atoms with Crippen LogP contribution in [0.15, 0.2) is 128 Å². The average molecular weight is 737 g/mol. The van der Waals surface area contributed by atoms with Crippen LogP contribution in [-0.2, 0) is 20.1 Å². The van der Waals surface area contributed by atoms with Crippen molar-refractivity contribution in [1.82, 2.24) is 19.1 Å². The zero-order valence-corrected chi connectivity index (χ0v) is 25.9. The van der Waals surface area contributed by atoms with Crippen LogP contribution in [0.1, 0.15) is 5.56 Å². The summed E-state index contributed by atoms with van der Waals surface area (Å²) in [5.41, 5.74) is 7.48. The molecule has 7 aromatic rings. The first-order valence-corrected chi connectivity index (χ1v) is 14.2. The predicted octanol–water partition coefficient (Wildman–Crippen LogP) is 8.96. The minimum atomic E-state index is 0. The van der Waals surface area contributed by atoms with Gasteiger partial charge in [0.2, 0.25) is 5.69 Å². The van der Waals surface area contributed by atoms with E-state index in [0.29, 0.717) is 0 Å². The molecule has 1 radical (unpaired) electrons. The van der Waals surface area contributed by atoms with Crippen molar-refractivity contribution in [2.24, 2.45) is 0 Å². The second kappa shape index (κ2) is 12.1. The number of fused-ring (bicyclic) bond motifs is 4. The fourth-order valence-electron chi connectivity index (χ4n) is 4.85. The molecule has 4 aromatic carbocycles. The van der Waals surface area contributed by atoms with E-state index >= 15 is 0 Å². The Bertz CT molecular complexity index is 2080. The van der Waals surface area contributed by atoms with Crippen LogP contribution in [-0.4, -0.2) is 16.0 Å². The number of nitrogens with zero attached hydrogens (tertiary/aromatic N) is 4. The Morgan fingerprint density at radius 2 is 1.52 bits per heavy atom. The number of benzene rings is 4. The molecule has 4 heterocycles.